The molecular weight excluding hydrogens is 244 g/mol. The predicted molar refractivity (Wildman–Crippen MR) is 72.4 cm³/mol. The number of ether oxygens (including phenoxy) is 1. The molecule has 1 aromatic rings. The van der Waals surface area contributed by atoms with Gasteiger partial charge in [0.1, 0.15) is 0 Å². The van der Waals surface area contributed by atoms with Crippen molar-refractivity contribution in [2.24, 2.45) is 5.92 Å². The lowest BCUT2D eigenvalue weighted by Crippen LogP contribution is -2.40. The predicted octanol–water partition coefficient (Wildman–Crippen LogP) is 0.872. The maximum absolute atomic E-state index is 12.0. The summed E-state index contributed by atoms with van der Waals surface area (Å²) in [6.07, 6.45) is 0. The number of hydrogen-bond acceptors (Lipinski definition) is 4. The minimum atomic E-state index is -0.766. The largest absolute Gasteiger partial charge is 0.467 e. The van der Waals surface area contributed by atoms with Crippen molar-refractivity contribution in [1.82, 2.24) is 10.6 Å². The molecule has 1 amide bonds. The molecule has 5 nitrogen and oxygen atoms in total. The van der Waals surface area contributed by atoms with Crippen LogP contribution in [0.1, 0.15) is 18.5 Å². The van der Waals surface area contributed by atoms with Crippen LogP contribution in [0, 0.1) is 5.92 Å². The summed E-state index contributed by atoms with van der Waals surface area (Å²) in [5.41, 5.74) is 0.708. The highest BCUT2D eigenvalue weighted by atomic mass is 16.5. The first kappa shape index (κ1) is 15.2. The number of nitrogens with one attached hydrogen (secondary N) is 2. The monoisotopic (exact) mass is 264 g/mol. The first-order valence-electron chi connectivity index (χ1n) is 6.18. The average Bonchev–Trinajstić information content (AvgIpc) is 2.44. The quantitative estimate of drug-likeness (QED) is 0.748. The van der Waals surface area contributed by atoms with Crippen LogP contribution in [0.5, 0.6) is 0 Å². The van der Waals surface area contributed by atoms with Gasteiger partial charge in [0.2, 0.25) is 5.91 Å². The second kappa shape index (κ2) is 7.53. The van der Waals surface area contributed by atoms with Gasteiger partial charge < -0.3 is 15.4 Å². The molecule has 0 radical (unpaired) electrons. The molecule has 1 aromatic carbocycles. The molecule has 19 heavy (non-hydrogen) atoms. The van der Waals surface area contributed by atoms with Crippen molar-refractivity contribution >= 4 is 11.9 Å². The average molecular weight is 264 g/mol. The van der Waals surface area contributed by atoms with Gasteiger partial charge in [-0.3, -0.25) is 4.79 Å². The Balaban J connectivity index is 2.82. The van der Waals surface area contributed by atoms with Crippen LogP contribution in [0.15, 0.2) is 30.3 Å². The summed E-state index contributed by atoms with van der Waals surface area (Å²) < 4.78 is 4.74. The van der Waals surface area contributed by atoms with Gasteiger partial charge in [-0.2, -0.15) is 0 Å². The summed E-state index contributed by atoms with van der Waals surface area (Å²) in [6.45, 7) is 2.35. The maximum atomic E-state index is 12.0. The van der Waals surface area contributed by atoms with E-state index in [-0.39, 0.29) is 11.8 Å². The van der Waals surface area contributed by atoms with E-state index in [0.29, 0.717) is 12.1 Å². The number of amides is 1. The highest BCUT2D eigenvalue weighted by molar-refractivity contribution is 5.86. The number of hydrogen-bond donors (Lipinski definition) is 2. The molecule has 1 rings (SSSR count). The van der Waals surface area contributed by atoms with E-state index in [1.54, 1.807) is 26.1 Å². The molecule has 0 aliphatic rings. The van der Waals surface area contributed by atoms with Crippen molar-refractivity contribution in [1.29, 1.82) is 0 Å². The number of benzene rings is 1. The van der Waals surface area contributed by atoms with Gasteiger partial charge >= 0.3 is 5.97 Å². The van der Waals surface area contributed by atoms with Gasteiger partial charge in [-0.15, -0.1) is 0 Å². The third-order valence-electron chi connectivity index (χ3n) is 2.81. The molecule has 5 heteroatoms. The SMILES string of the molecule is CNCC(C)C(=O)NC(C(=O)OC)c1ccccc1. The molecule has 0 aliphatic carbocycles. The summed E-state index contributed by atoms with van der Waals surface area (Å²) in [4.78, 5) is 23.8. The second-order valence-electron chi connectivity index (χ2n) is 4.33. The van der Waals surface area contributed by atoms with Gasteiger partial charge in [-0.1, -0.05) is 37.3 Å². The fourth-order valence-corrected chi connectivity index (χ4v) is 1.73. The fourth-order valence-electron chi connectivity index (χ4n) is 1.73. The highest BCUT2D eigenvalue weighted by Crippen LogP contribution is 2.14. The molecule has 0 fully saturated rings. The molecule has 2 unspecified atom stereocenters. The molecule has 2 N–H and O–H groups in total. The summed E-state index contributed by atoms with van der Waals surface area (Å²) in [7, 11) is 3.08. The van der Waals surface area contributed by atoms with Crippen LogP contribution >= 0.6 is 0 Å². The van der Waals surface area contributed by atoms with E-state index in [4.69, 9.17) is 4.74 Å². The first-order valence-corrected chi connectivity index (χ1v) is 6.18. The van der Waals surface area contributed by atoms with Gasteiger partial charge in [-0.25, -0.2) is 4.79 Å². The lowest BCUT2D eigenvalue weighted by molar-refractivity contribution is -0.145. The van der Waals surface area contributed by atoms with Crippen molar-refractivity contribution in [2.75, 3.05) is 20.7 Å². The van der Waals surface area contributed by atoms with Crippen LogP contribution in [0.25, 0.3) is 0 Å². The summed E-state index contributed by atoms with van der Waals surface area (Å²) >= 11 is 0. The van der Waals surface area contributed by atoms with E-state index in [9.17, 15) is 9.59 Å². The lowest BCUT2D eigenvalue weighted by atomic mass is 10.1. The topological polar surface area (TPSA) is 67.4 Å². The summed E-state index contributed by atoms with van der Waals surface area (Å²) in [5, 5.41) is 5.64. The number of carbonyl (C=O) groups excluding carboxylic acids is 2. The number of methoxy groups -OCH3 is 1. The Morgan fingerprint density at radius 1 is 1.26 bits per heavy atom. The van der Waals surface area contributed by atoms with Crippen LogP contribution in [0.2, 0.25) is 0 Å². The molecule has 0 bridgehead atoms. The molecule has 104 valence electrons. The van der Waals surface area contributed by atoms with E-state index in [2.05, 4.69) is 10.6 Å². The summed E-state index contributed by atoms with van der Waals surface area (Å²) in [6, 6.07) is 8.28. The van der Waals surface area contributed by atoms with Crippen LogP contribution in [0.4, 0.5) is 0 Å². The number of rotatable bonds is 6. The molecule has 0 saturated heterocycles. The Morgan fingerprint density at radius 3 is 2.42 bits per heavy atom. The van der Waals surface area contributed by atoms with Crippen LogP contribution < -0.4 is 10.6 Å². The van der Waals surface area contributed by atoms with Gasteiger partial charge in [0.05, 0.1) is 7.11 Å². The Bertz CT molecular complexity index is 420. The van der Waals surface area contributed by atoms with Crippen molar-refractivity contribution in [2.45, 2.75) is 13.0 Å². The minimum absolute atomic E-state index is 0.186. The first-order chi connectivity index (χ1) is 9.10. The maximum Gasteiger partial charge on any atom is 0.333 e. The van der Waals surface area contributed by atoms with Crippen molar-refractivity contribution in [3.05, 3.63) is 35.9 Å². The Kier molecular flexibility index (Phi) is 6.02. The van der Waals surface area contributed by atoms with E-state index in [0.717, 1.165) is 0 Å². The minimum Gasteiger partial charge on any atom is -0.467 e. The van der Waals surface area contributed by atoms with Crippen molar-refractivity contribution < 1.29 is 14.3 Å². The van der Waals surface area contributed by atoms with Crippen LogP contribution in [0.3, 0.4) is 0 Å². The van der Waals surface area contributed by atoms with Crippen LogP contribution in [-0.4, -0.2) is 32.6 Å². The fraction of sp³-hybridized carbons (Fsp3) is 0.429. The molecule has 0 spiro atoms. The summed E-state index contributed by atoms with van der Waals surface area (Å²) in [5.74, 6) is -0.884. The Labute approximate surface area is 113 Å². The lowest BCUT2D eigenvalue weighted by Gasteiger charge is -2.19. The van der Waals surface area contributed by atoms with Gasteiger partial charge in [-0.05, 0) is 12.6 Å². The standard InChI is InChI=1S/C14H20N2O3/c1-10(9-15-2)13(17)16-12(14(18)19-3)11-7-5-4-6-8-11/h4-8,10,12,15H,9H2,1-3H3,(H,16,17). The van der Waals surface area contributed by atoms with Gasteiger partial charge in [0.15, 0.2) is 6.04 Å². The molecule has 0 saturated carbocycles. The molecule has 2 atom stereocenters. The Hall–Kier alpha value is -1.88. The third-order valence-corrected chi connectivity index (χ3v) is 2.81. The Morgan fingerprint density at radius 2 is 1.89 bits per heavy atom. The molecule has 0 heterocycles. The molecule has 0 aromatic heterocycles. The zero-order valence-corrected chi connectivity index (χ0v) is 11.5. The molecular formula is C14H20N2O3. The number of esters is 1. The normalized spacial score (nSPS) is 13.4. The van der Waals surface area contributed by atoms with Crippen molar-refractivity contribution in [3.8, 4) is 0 Å². The van der Waals surface area contributed by atoms with Gasteiger partial charge in [0.25, 0.3) is 0 Å². The van der Waals surface area contributed by atoms with Gasteiger partial charge in [0, 0.05) is 12.5 Å². The molecule has 0 aliphatic heterocycles. The van der Waals surface area contributed by atoms with E-state index in [1.807, 2.05) is 18.2 Å². The van der Waals surface area contributed by atoms with E-state index in [1.165, 1.54) is 7.11 Å². The smallest absolute Gasteiger partial charge is 0.333 e. The van der Waals surface area contributed by atoms with Crippen molar-refractivity contribution in [3.63, 3.8) is 0 Å². The van der Waals surface area contributed by atoms with E-state index < -0.39 is 12.0 Å². The zero-order valence-electron chi connectivity index (χ0n) is 11.5. The zero-order chi connectivity index (χ0) is 14.3. The van der Waals surface area contributed by atoms with E-state index >= 15 is 0 Å². The van der Waals surface area contributed by atoms with Crippen LogP contribution in [-0.2, 0) is 14.3 Å². The number of carbonyl (C=O) groups is 2. The highest BCUT2D eigenvalue weighted by Gasteiger charge is 2.25. The third kappa shape index (κ3) is 4.37. The second-order valence-corrected chi connectivity index (χ2v) is 4.33.